The number of ether oxygens (including phenoxy) is 1. The van der Waals surface area contributed by atoms with Crippen LogP contribution in [0.25, 0.3) is 0 Å². The van der Waals surface area contributed by atoms with Gasteiger partial charge in [-0.1, -0.05) is 67.8 Å². The van der Waals surface area contributed by atoms with Crippen molar-refractivity contribution in [3.8, 4) is 0 Å². The van der Waals surface area contributed by atoms with Crippen molar-refractivity contribution < 1.29 is 9.53 Å². The molecule has 3 rings (SSSR count). The number of benzene rings is 2. The van der Waals surface area contributed by atoms with Crippen molar-refractivity contribution in [2.45, 2.75) is 38.1 Å². The highest BCUT2D eigenvalue weighted by Gasteiger charge is 2.48. The Bertz CT molecular complexity index is 648. The molecule has 1 aliphatic rings. The number of anilines is 1. The van der Waals surface area contributed by atoms with E-state index in [1.165, 1.54) is 13.5 Å². The van der Waals surface area contributed by atoms with E-state index in [2.05, 4.69) is 17.4 Å². The second kappa shape index (κ2) is 7.52. The maximum Gasteiger partial charge on any atom is 0.314 e. The van der Waals surface area contributed by atoms with Gasteiger partial charge in [0.05, 0.1) is 18.6 Å². The van der Waals surface area contributed by atoms with Gasteiger partial charge in [0.2, 0.25) is 0 Å². The molecule has 3 heteroatoms. The molecule has 0 heterocycles. The largest absolute Gasteiger partial charge is 0.469 e. The van der Waals surface area contributed by atoms with Crippen LogP contribution in [0.5, 0.6) is 0 Å². The van der Waals surface area contributed by atoms with Crippen molar-refractivity contribution >= 4 is 11.7 Å². The number of carbonyl (C=O) groups excluding carboxylic acids is 1. The van der Waals surface area contributed by atoms with Gasteiger partial charge in [0.25, 0.3) is 0 Å². The molecule has 1 N–H and O–H groups in total. The fourth-order valence-corrected chi connectivity index (χ4v) is 3.88. The Morgan fingerprint density at radius 1 is 0.958 bits per heavy atom. The van der Waals surface area contributed by atoms with Crippen LogP contribution in [0.3, 0.4) is 0 Å². The highest BCUT2D eigenvalue weighted by molar-refractivity contribution is 5.79. The SMILES string of the molecule is COC(=O)C1(C(Nc2ccccc2)c2ccccc2)CCCCC1. The summed E-state index contributed by atoms with van der Waals surface area (Å²) in [6.45, 7) is 0. The zero-order chi connectivity index (χ0) is 16.8. The van der Waals surface area contributed by atoms with Crippen LogP contribution in [0, 0.1) is 5.41 Å². The van der Waals surface area contributed by atoms with E-state index >= 15 is 0 Å². The summed E-state index contributed by atoms with van der Waals surface area (Å²) >= 11 is 0. The van der Waals surface area contributed by atoms with Crippen LogP contribution < -0.4 is 5.32 Å². The Hall–Kier alpha value is -2.29. The Morgan fingerprint density at radius 2 is 1.54 bits per heavy atom. The molecule has 1 aliphatic carbocycles. The number of methoxy groups -OCH3 is 1. The zero-order valence-electron chi connectivity index (χ0n) is 14.2. The first-order chi connectivity index (χ1) is 11.8. The zero-order valence-corrected chi connectivity index (χ0v) is 14.2. The van der Waals surface area contributed by atoms with Gasteiger partial charge in [0.15, 0.2) is 0 Å². The lowest BCUT2D eigenvalue weighted by Crippen LogP contribution is -2.43. The van der Waals surface area contributed by atoms with E-state index in [4.69, 9.17) is 4.74 Å². The molecule has 24 heavy (non-hydrogen) atoms. The third kappa shape index (κ3) is 3.30. The number of hydrogen-bond donors (Lipinski definition) is 1. The summed E-state index contributed by atoms with van der Waals surface area (Å²) in [7, 11) is 1.50. The molecule has 2 aromatic carbocycles. The lowest BCUT2D eigenvalue weighted by molar-refractivity contribution is -0.156. The molecule has 0 spiro atoms. The lowest BCUT2D eigenvalue weighted by atomic mass is 9.67. The molecule has 0 aliphatic heterocycles. The van der Waals surface area contributed by atoms with Gasteiger partial charge in [-0.2, -0.15) is 0 Å². The Balaban J connectivity index is 2.03. The Kier molecular flexibility index (Phi) is 5.19. The molecule has 0 bridgehead atoms. The fourth-order valence-electron chi connectivity index (χ4n) is 3.88. The quantitative estimate of drug-likeness (QED) is 0.790. The minimum Gasteiger partial charge on any atom is -0.469 e. The summed E-state index contributed by atoms with van der Waals surface area (Å²) in [5, 5.41) is 3.62. The van der Waals surface area contributed by atoms with E-state index in [1.54, 1.807) is 0 Å². The maximum atomic E-state index is 12.8. The van der Waals surface area contributed by atoms with Gasteiger partial charge in [-0.25, -0.2) is 0 Å². The summed E-state index contributed by atoms with van der Waals surface area (Å²) in [5.41, 5.74) is 1.65. The van der Waals surface area contributed by atoms with Gasteiger partial charge in [-0.05, 0) is 30.5 Å². The van der Waals surface area contributed by atoms with Crippen molar-refractivity contribution in [3.63, 3.8) is 0 Å². The van der Waals surface area contributed by atoms with E-state index in [9.17, 15) is 4.79 Å². The van der Waals surface area contributed by atoms with Crippen molar-refractivity contribution in [1.29, 1.82) is 0 Å². The third-order valence-electron chi connectivity index (χ3n) is 5.11. The number of carbonyl (C=O) groups is 1. The fraction of sp³-hybridized carbons (Fsp3) is 0.381. The topological polar surface area (TPSA) is 38.3 Å². The van der Waals surface area contributed by atoms with Gasteiger partial charge in [0.1, 0.15) is 0 Å². The number of hydrogen-bond acceptors (Lipinski definition) is 3. The van der Waals surface area contributed by atoms with Gasteiger partial charge in [-0.3, -0.25) is 4.79 Å². The van der Waals surface area contributed by atoms with E-state index in [-0.39, 0.29) is 12.0 Å². The summed E-state index contributed by atoms with van der Waals surface area (Å²) < 4.78 is 5.25. The molecule has 1 unspecified atom stereocenters. The number of esters is 1. The van der Waals surface area contributed by atoms with Crippen LogP contribution in [0.15, 0.2) is 60.7 Å². The first-order valence-corrected chi connectivity index (χ1v) is 8.71. The van der Waals surface area contributed by atoms with Gasteiger partial charge in [-0.15, -0.1) is 0 Å². The highest BCUT2D eigenvalue weighted by Crippen LogP contribution is 2.48. The predicted molar refractivity (Wildman–Crippen MR) is 96.8 cm³/mol. The van der Waals surface area contributed by atoms with Gasteiger partial charge in [0, 0.05) is 5.69 Å². The molecular formula is C21H25NO2. The second-order valence-electron chi connectivity index (χ2n) is 6.56. The predicted octanol–water partition coefficient (Wildman–Crippen LogP) is 4.96. The Morgan fingerprint density at radius 3 is 2.12 bits per heavy atom. The molecule has 0 amide bonds. The molecule has 126 valence electrons. The van der Waals surface area contributed by atoms with Crippen LogP contribution in [0.1, 0.15) is 43.7 Å². The van der Waals surface area contributed by atoms with E-state index in [0.29, 0.717) is 0 Å². The molecule has 1 saturated carbocycles. The van der Waals surface area contributed by atoms with Crippen molar-refractivity contribution in [2.75, 3.05) is 12.4 Å². The molecule has 3 nitrogen and oxygen atoms in total. The second-order valence-corrected chi connectivity index (χ2v) is 6.56. The van der Waals surface area contributed by atoms with Gasteiger partial charge >= 0.3 is 5.97 Å². The first kappa shape index (κ1) is 16.6. The van der Waals surface area contributed by atoms with Crippen LogP contribution in [0.4, 0.5) is 5.69 Å². The third-order valence-corrected chi connectivity index (χ3v) is 5.11. The van der Waals surface area contributed by atoms with E-state index in [1.807, 2.05) is 48.5 Å². The molecule has 1 atom stereocenters. The summed E-state index contributed by atoms with van der Waals surface area (Å²) in [6.07, 6.45) is 5.04. The normalized spacial score (nSPS) is 17.7. The molecule has 1 fully saturated rings. The summed E-state index contributed by atoms with van der Waals surface area (Å²) in [6, 6.07) is 20.3. The smallest absolute Gasteiger partial charge is 0.314 e. The average Bonchev–Trinajstić information content (AvgIpc) is 2.67. The van der Waals surface area contributed by atoms with E-state index in [0.717, 1.165) is 36.9 Å². The minimum absolute atomic E-state index is 0.0890. The molecule has 0 aromatic heterocycles. The van der Waals surface area contributed by atoms with Crippen molar-refractivity contribution in [2.24, 2.45) is 5.41 Å². The number of nitrogens with one attached hydrogen (secondary N) is 1. The molecular weight excluding hydrogens is 298 g/mol. The van der Waals surface area contributed by atoms with Crippen LogP contribution in [0.2, 0.25) is 0 Å². The van der Waals surface area contributed by atoms with Crippen molar-refractivity contribution in [3.05, 3.63) is 66.2 Å². The van der Waals surface area contributed by atoms with Crippen molar-refractivity contribution in [1.82, 2.24) is 0 Å². The number of rotatable bonds is 5. The molecule has 0 radical (unpaired) electrons. The molecule has 2 aromatic rings. The summed E-state index contributed by atoms with van der Waals surface area (Å²) in [4.78, 5) is 12.8. The highest BCUT2D eigenvalue weighted by atomic mass is 16.5. The van der Waals surface area contributed by atoms with E-state index < -0.39 is 5.41 Å². The first-order valence-electron chi connectivity index (χ1n) is 8.71. The molecule has 0 saturated heterocycles. The number of para-hydroxylation sites is 1. The monoisotopic (exact) mass is 323 g/mol. The maximum absolute atomic E-state index is 12.8. The standard InChI is InChI=1S/C21H25NO2/c1-24-20(23)21(15-9-4-10-16-21)19(17-11-5-2-6-12-17)22-18-13-7-3-8-14-18/h2-3,5-8,11-14,19,22H,4,9-10,15-16H2,1H3. The lowest BCUT2D eigenvalue weighted by Gasteiger charge is -2.42. The average molecular weight is 323 g/mol. The van der Waals surface area contributed by atoms with Gasteiger partial charge < -0.3 is 10.1 Å². The Labute approximate surface area is 144 Å². The summed E-state index contributed by atoms with van der Waals surface area (Å²) in [5.74, 6) is -0.0977. The minimum atomic E-state index is -0.510. The van der Waals surface area contributed by atoms with Crippen LogP contribution in [-0.4, -0.2) is 13.1 Å². The van der Waals surface area contributed by atoms with Crippen LogP contribution >= 0.6 is 0 Å². The van der Waals surface area contributed by atoms with Crippen LogP contribution in [-0.2, 0) is 9.53 Å².